The fourth-order valence-corrected chi connectivity index (χ4v) is 3.31. The average Bonchev–Trinajstić information content (AvgIpc) is 2.93. The summed E-state index contributed by atoms with van der Waals surface area (Å²) in [4.78, 5) is 13.6. The number of furan rings is 1. The predicted molar refractivity (Wildman–Crippen MR) is 88.2 cm³/mol. The van der Waals surface area contributed by atoms with Crippen molar-refractivity contribution in [3.8, 4) is 0 Å². The van der Waals surface area contributed by atoms with Gasteiger partial charge in [0.15, 0.2) is 11.4 Å². The Morgan fingerprint density at radius 3 is 2.95 bits per heavy atom. The van der Waals surface area contributed by atoms with Gasteiger partial charge in [0.2, 0.25) is 0 Å². The molecule has 1 aromatic carbocycles. The topological polar surface area (TPSA) is 45.4 Å². The minimum atomic E-state index is 0.558. The van der Waals surface area contributed by atoms with Crippen molar-refractivity contribution < 1.29 is 4.42 Å². The van der Waals surface area contributed by atoms with Crippen LogP contribution in [0.25, 0.3) is 22.1 Å². The smallest absolute Gasteiger partial charge is 0.196 e. The highest BCUT2D eigenvalue weighted by Crippen LogP contribution is 2.33. The van der Waals surface area contributed by atoms with Crippen LogP contribution in [0.15, 0.2) is 35.0 Å². The molecule has 5 nitrogen and oxygen atoms in total. The zero-order chi connectivity index (χ0) is 15.1. The van der Waals surface area contributed by atoms with Gasteiger partial charge in [-0.25, -0.2) is 9.97 Å². The van der Waals surface area contributed by atoms with Gasteiger partial charge in [-0.2, -0.15) is 0 Å². The highest BCUT2D eigenvalue weighted by Gasteiger charge is 2.25. The van der Waals surface area contributed by atoms with E-state index in [2.05, 4.69) is 39.9 Å². The van der Waals surface area contributed by atoms with E-state index in [1.165, 1.54) is 12.8 Å². The maximum atomic E-state index is 6.05. The Bertz CT molecular complexity index is 811. The van der Waals surface area contributed by atoms with Gasteiger partial charge in [-0.3, -0.25) is 0 Å². The molecule has 0 bridgehead atoms. The highest BCUT2D eigenvalue weighted by atomic mass is 16.3. The number of likely N-dealkylation sites (N-methyl/N-ethyl adjacent to an activating group) is 1. The molecule has 114 valence electrons. The summed E-state index contributed by atoms with van der Waals surface area (Å²) in [6, 6.07) is 8.60. The van der Waals surface area contributed by atoms with Gasteiger partial charge < -0.3 is 14.2 Å². The molecule has 0 spiro atoms. The van der Waals surface area contributed by atoms with Crippen LogP contribution in [0.2, 0.25) is 0 Å². The van der Waals surface area contributed by atoms with Crippen LogP contribution in [0.4, 0.5) is 5.82 Å². The van der Waals surface area contributed by atoms with E-state index in [1.54, 1.807) is 6.33 Å². The van der Waals surface area contributed by atoms with Gasteiger partial charge in [0.25, 0.3) is 0 Å². The average molecular weight is 296 g/mol. The van der Waals surface area contributed by atoms with Gasteiger partial charge in [0.1, 0.15) is 17.4 Å². The molecule has 22 heavy (non-hydrogen) atoms. The maximum Gasteiger partial charge on any atom is 0.196 e. The lowest BCUT2D eigenvalue weighted by Crippen LogP contribution is -2.45. The molecule has 1 atom stereocenters. The van der Waals surface area contributed by atoms with Crippen molar-refractivity contribution in [2.24, 2.45) is 0 Å². The summed E-state index contributed by atoms with van der Waals surface area (Å²) in [7, 11) is 4.29. The molecule has 1 aliphatic heterocycles. The summed E-state index contributed by atoms with van der Waals surface area (Å²) in [5, 5.41) is 1.06. The highest BCUT2D eigenvalue weighted by molar-refractivity contribution is 6.05. The molecule has 0 radical (unpaired) electrons. The van der Waals surface area contributed by atoms with Crippen LogP contribution in [-0.2, 0) is 0 Å². The molecule has 0 amide bonds. The summed E-state index contributed by atoms with van der Waals surface area (Å²) in [6.45, 7) is 2.00. The van der Waals surface area contributed by atoms with E-state index in [4.69, 9.17) is 4.42 Å². The van der Waals surface area contributed by atoms with Crippen molar-refractivity contribution in [3.05, 3.63) is 30.6 Å². The summed E-state index contributed by atoms with van der Waals surface area (Å²) in [5.74, 6) is 0.924. The second-order valence-corrected chi connectivity index (χ2v) is 6.18. The molecule has 5 heteroatoms. The fraction of sp³-hybridized carbons (Fsp3) is 0.412. The normalized spacial score (nSPS) is 19.4. The van der Waals surface area contributed by atoms with Crippen LogP contribution >= 0.6 is 0 Å². The zero-order valence-electron chi connectivity index (χ0n) is 13.0. The monoisotopic (exact) mass is 296 g/mol. The van der Waals surface area contributed by atoms with Crippen molar-refractivity contribution in [3.63, 3.8) is 0 Å². The summed E-state index contributed by atoms with van der Waals surface area (Å²) in [5.41, 5.74) is 2.59. The number of anilines is 1. The fourth-order valence-electron chi connectivity index (χ4n) is 3.31. The largest absolute Gasteiger partial charge is 0.450 e. The third kappa shape index (κ3) is 2.13. The number of nitrogens with zero attached hydrogens (tertiary/aromatic N) is 4. The van der Waals surface area contributed by atoms with E-state index in [1.807, 2.05) is 18.2 Å². The lowest BCUT2D eigenvalue weighted by Gasteiger charge is -2.36. The molecule has 1 unspecified atom stereocenters. The third-order valence-corrected chi connectivity index (χ3v) is 4.57. The van der Waals surface area contributed by atoms with Crippen LogP contribution < -0.4 is 4.90 Å². The summed E-state index contributed by atoms with van der Waals surface area (Å²) < 4.78 is 6.05. The first-order valence-corrected chi connectivity index (χ1v) is 7.77. The van der Waals surface area contributed by atoms with E-state index >= 15 is 0 Å². The van der Waals surface area contributed by atoms with E-state index < -0.39 is 0 Å². The van der Waals surface area contributed by atoms with Gasteiger partial charge in [-0.05, 0) is 39.1 Å². The first-order valence-electron chi connectivity index (χ1n) is 7.77. The molecule has 2 aromatic heterocycles. The molecule has 3 heterocycles. The first kappa shape index (κ1) is 13.5. The SMILES string of the molecule is CN(C)C1CCCN(c2ncnc3c2oc2ccccc23)C1. The number of hydrogen-bond donors (Lipinski definition) is 0. The van der Waals surface area contributed by atoms with E-state index in [0.717, 1.165) is 41.0 Å². The van der Waals surface area contributed by atoms with Gasteiger partial charge >= 0.3 is 0 Å². The lowest BCUT2D eigenvalue weighted by molar-refractivity contribution is 0.257. The Labute approximate surface area is 129 Å². The molecule has 1 aliphatic rings. The van der Waals surface area contributed by atoms with Gasteiger partial charge in [-0.15, -0.1) is 0 Å². The molecule has 0 saturated carbocycles. The minimum Gasteiger partial charge on any atom is -0.450 e. The van der Waals surface area contributed by atoms with Gasteiger partial charge in [0, 0.05) is 24.5 Å². The van der Waals surface area contributed by atoms with Gasteiger partial charge in [0.05, 0.1) is 0 Å². The second-order valence-electron chi connectivity index (χ2n) is 6.18. The minimum absolute atomic E-state index is 0.558. The van der Waals surface area contributed by atoms with Crippen molar-refractivity contribution in [2.75, 3.05) is 32.1 Å². The first-order chi connectivity index (χ1) is 10.7. The maximum absolute atomic E-state index is 6.05. The van der Waals surface area contributed by atoms with Crippen molar-refractivity contribution in [1.82, 2.24) is 14.9 Å². The summed E-state index contributed by atoms with van der Waals surface area (Å²) >= 11 is 0. The molecule has 0 aliphatic carbocycles. The van der Waals surface area contributed by atoms with Crippen LogP contribution in [0.3, 0.4) is 0 Å². The molecular weight excluding hydrogens is 276 g/mol. The predicted octanol–water partition coefficient (Wildman–Crippen LogP) is 2.91. The van der Waals surface area contributed by atoms with Crippen LogP contribution in [0.1, 0.15) is 12.8 Å². The van der Waals surface area contributed by atoms with Crippen LogP contribution in [0.5, 0.6) is 0 Å². The molecule has 4 rings (SSSR count). The Balaban J connectivity index is 1.81. The molecule has 3 aromatic rings. The van der Waals surface area contributed by atoms with E-state index in [0.29, 0.717) is 6.04 Å². The molecule has 1 saturated heterocycles. The number of rotatable bonds is 2. The Morgan fingerprint density at radius 2 is 2.09 bits per heavy atom. The lowest BCUT2D eigenvalue weighted by atomic mass is 10.0. The van der Waals surface area contributed by atoms with Crippen LogP contribution in [0, 0.1) is 0 Å². The molecule has 1 fully saturated rings. The van der Waals surface area contributed by atoms with Crippen LogP contribution in [-0.4, -0.2) is 48.1 Å². The third-order valence-electron chi connectivity index (χ3n) is 4.57. The quantitative estimate of drug-likeness (QED) is 0.727. The van der Waals surface area contributed by atoms with E-state index in [-0.39, 0.29) is 0 Å². The number of piperidine rings is 1. The standard InChI is InChI=1S/C17H20N4O/c1-20(2)12-6-5-9-21(10-12)17-16-15(18-11-19-17)13-7-3-4-8-14(13)22-16/h3-4,7-8,11-12H,5-6,9-10H2,1-2H3. The van der Waals surface area contributed by atoms with E-state index in [9.17, 15) is 0 Å². The van der Waals surface area contributed by atoms with Crippen molar-refractivity contribution in [2.45, 2.75) is 18.9 Å². The number of para-hydroxylation sites is 1. The Hall–Kier alpha value is -2.14. The molecule has 0 N–H and O–H groups in total. The summed E-state index contributed by atoms with van der Waals surface area (Å²) in [6.07, 6.45) is 4.06. The molecular formula is C17H20N4O. The van der Waals surface area contributed by atoms with Gasteiger partial charge in [-0.1, -0.05) is 12.1 Å². The van der Waals surface area contributed by atoms with Crippen molar-refractivity contribution >= 4 is 27.9 Å². The van der Waals surface area contributed by atoms with Crippen molar-refractivity contribution in [1.29, 1.82) is 0 Å². The zero-order valence-corrected chi connectivity index (χ0v) is 13.0. The second kappa shape index (κ2) is 5.25. The Morgan fingerprint density at radius 1 is 1.23 bits per heavy atom. The number of benzene rings is 1. The Kier molecular flexibility index (Phi) is 3.22. The number of aromatic nitrogens is 2. The number of hydrogen-bond acceptors (Lipinski definition) is 5. The number of fused-ring (bicyclic) bond motifs is 3.